The van der Waals surface area contributed by atoms with Gasteiger partial charge < -0.3 is 10.7 Å². The number of benzene rings is 1. The van der Waals surface area contributed by atoms with Crippen LogP contribution in [0.5, 0.6) is 0 Å². The van der Waals surface area contributed by atoms with E-state index in [1.807, 2.05) is 29.7 Å². The first-order valence-electron chi connectivity index (χ1n) is 8.80. The third-order valence-corrected chi connectivity index (χ3v) is 5.18. The molecule has 0 unspecified atom stereocenters. The summed E-state index contributed by atoms with van der Waals surface area (Å²) in [7, 11) is 1.80. The molecule has 0 atom stereocenters. The summed E-state index contributed by atoms with van der Waals surface area (Å²) >= 11 is 0. The lowest BCUT2D eigenvalue weighted by Gasteiger charge is -2.11. The average Bonchev–Trinajstić information content (AvgIpc) is 3.28. The Morgan fingerprint density at radius 1 is 1.31 bits per heavy atom. The zero-order valence-electron chi connectivity index (χ0n) is 14.9. The molecule has 1 aliphatic carbocycles. The molecule has 4 N–H and O–H groups in total. The maximum Gasteiger partial charge on any atom is 0.329 e. The van der Waals surface area contributed by atoms with Crippen LogP contribution in [0.2, 0.25) is 0 Å². The fraction of sp³-hybridized carbons (Fsp3) is 0.389. The number of nitrogens with zero attached hydrogens (tertiary/aromatic N) is 3. The van der Waals surface area contributed by atoms with Gasteiger partial charge in [0, 0.05) is 24.3 Å². The van der Waals surface area contributed by atoms with Gasteiger partial charge in [-0.15, -0.1) is 0 Å². The summed E-state index contributed by atoms with van der Waals surface area (Å²) in [6, 6.07) is 5.54. The largest absolute Gasteiger partial charge is 0.351 e. The number of aryl methyl sites for hydroxylation is 2. The van der Waals surface area contributed by atoms with E-state index in [1.165, 1.54) is 12.8 Å². The summed E-state index contributed by atoms with van der Waals surface area (Å²) in [5, 5.41) is 2.45. The van der Waals surface area contributed by atoms with Crippen molar-refractivity contribution < 1.29 is 4.79 Å². The predicted octanol–water partition coefficient (Wildman–Crippen LogP) is 2.64. The molecule has 2 aromatic heterocycles. The van der Waals surface area contributed by atoms with Crippen LogP contribution in [0.25, 0.3) is 22.3 Å². The zero-order valence-corrected chi connectivity index (χ0v) is 14.9. The standard InChI is InChI=1S/C18H22N6O2/c1-10-15(21-17(20-10)22-16(19)25)11-7-8-13-14(9-11)23(2)18(26)24(13)12-5-3-4-6-12/h7-9,12H,3-6H2,1-2H3,(H4,19,20,21,22,25). The van der Waals surface area contributed by atoms with Crippen molar-refractivity contribution in [1.29, 1.82) is 0 Å². The van der Waals surface area contributed by atoms with Gasteiger partial charge in [-0.1, -0.05) is 18.9 Å². The Kier molecular flexibility index (Phi) is 3.82. The molecular weight excluding hydrogens is 332 g/mol. The van der Waals surface area contributed by atoms with E-state index in [4.69, 9.17) is 5.73 Å². The van der Waals surface area contributed by atoms with E-state index in [-0.39, 0.29) is 11.7 Å². The number of carbonyl (C=O) groups excluding carboxylic acids is 1. The first kappa shape index (κ1) is 16.4. The van der Waals surface area contributed by atoms with Crippen molar-refractivity contribution in [2.75, 3.05) is 5.32 Å². The van der Waals surface area contributed by atoms with Crippen molar-refractivity contribution in [2.45, 2.75) is 38.6 Å². The minimum Gasteiger partial charge on any atom is -0.351 e. The molecule has 136 valence electrons. The highest BCUT2D eigenvalue weighted by Gasteiger charge is 2.23. The van der Waals surface area contributed by atoms with Crippen LogP contribution in [0.3, 0.4) is 0 Å². The number of nitrogens with two attached hydrogens (primary N) is 1. The van der Waals surface area contributed by atoms with E-state index < -0.39 is 6.03 Å². The molecule has 2 heterocycles. The molecule has 4 rings (SSSR count). The first-order chi connectivity index (χ1) is 12.5. The Bertz CT molecular complexity index is 1050. The quantitative estimate of drug-likeness (QED) is 0.672. The van der Waals surface area contributed by atoms with Gasteiger partial charge in [0.1, 0.15) is 0 Å². The molecule has 0 radical (unpaired) electrons. The normalized spacial score (nSPS) is 15.0. The van der Waals surface area contributed by atoms with Crippen LogP contribution < -0.4 is 16.7 Å². The number of hydrogen-bond donors (Lipinski definition) is 3. The van der Waals surface area contributed by atoms with Crippen molar-refractivity contribution >= 4 is 23.0 Å². The predicted molar refractivity (Wildman–Crippen MR) is 100 cm³/mol. The number of aromatic nitrogens is 4. The molecule has 1 aromatic carbocycles. The van der Waals surface area contributed by atoms with Gasteiger partial charge in [-0.3, -0.25) is 14.5 Å². The second kappa shape index (κ2) is 6.05. The molecule has 1 aliphatic rings. The highest BCUT2D eigenvalue weighted by atomic mass is 16.2. The summed E-state index contributed by atoms with van der Waals surface area (Å²) < 4.78 is 3.63. The number of primary amides is 1. The van der Waals surface area contributed by atoms with Crippen molar-refractivity contribution in [3.63, 3.8) is 0 Å². The molecule has 1 saturated carbocycles. The summed E-state index contributed by atoms with van der Waals surface area (Å²) in [5.74, 6) is 0.308. The van der Waals surface area contributed by atoms with E-state index in [2.05, 4.69) is 15.3 Å². The lowest BCUT2D eigenvalue weighted by molar-refractivity contribution is 0.259. The third kappa shape index (κ3) is 2.58. The molecule has 0 spiro atoms. The fourth-order valence-corrected chi connectivity index (χ4v) is 3.94. The van der Waals surface area contributed by atoms with Gasteiger partial charge in [0.2, 0.25) is 5.95 Å². The van der Waals surface area contributed by atoms with E-state index in [1.54, 1.807) is 11.6 Å². The monoisotopic (exact) mass is 354 g/mol. The molecule has 26 heavy (non-hydrogen) atoms. The highest BCUT2D eigenvalue weighted by molar-refractivity contribution is 5.87. The van der Waals surface area contributed by atoms with E-state index in [9.17, 15) is 9.59 Å². The van der Waals surface area contributed by atoms with E-state index in [0.717, 1.165) is 40.8 Å². The smallest absolute Gasteiger partial charge is 0.329 e. The maximum atomic E-state index is 12.8. The Hall–Kier alpha value is -3.03. The van der Waals surface area contributed by atoms with Gasteiger partial charge >= 0.3 is 11.7 Å². The van der Waals surface area contributed by atoms with Crippen LogP contribution in [0.15, 0.2) is 23.0 Å². The maximum absolute atomic E-state index is 12.8. The van der Waals surface area contributed by atoms with Gasteiger partial charge in [0.25, 0.3) is 0 Å². The summed E-state index contributed by atoms with van der Waals surface area (Å²) in [6.45, 7) is 1.88. The number of anilines is 1. The Morgan fingerprint density at radius 2 is 2.04 bits per heavy atom. The number of hydrogen-bond acceptors (Lipinski definition) is 3. The number of rotatable bonds is 3. The number of carbonyl (C=O) groups is 1. The fourth-order valence-electron chi connectivity index (χ4n) is 3.94. The second-order valence-electron chi connectivity index (χ2n) is 6.90. The number of aromatic amines is 1. The van der Waals surface area contributed by atoms with Crippen molar-refractivity contribution in [1.82, 2.24) is 19.1 Å². The van der Waals surface area contributed by atoms with Crippen molar-refractivity contribution in [3.8, 4) is 11.3 Å². The number of fused-ring (bicyclic) bond motifs is 1. The van der Waals surface area contributed by atoms with E-state index in [0.29, 0.717) is 5.95 Å². The van der Waals surface area contributed by atoms with Gasteiger partial charge in [-0.25, -0.2) is 14.6 Å². The summed E-state index contributed by atoms with van der Waals surface area (Å²) in [5.41, 5.74) is 9.42. The Morgan fingerprint density at radius 3 is 2.73 bits per heavy atom. The number of imidazole rings is 2. The molecule has 8 heteroatoms. The number of nitrogens with one attached hydrogen (secondary N) is 2. The Labute approximate surface area is 150 Å². The summed E-state index contributed by atoms with van der Waals surface area (Å²) in [4.78, 5) is 31.2. The van der Waals surface area contributed by atoms with Crippen LogP contribution in [0.4, 0.5) is 10.7 Å². The van der Waals surface area contributed by atoms with Crippen LogP contribution in [0, 0.1) is 6.92 Å². The van der Waals surface area contributed by atoms with E-state index >= 15 is 0 Å². The molecule has 8 nitrogen and oxygen atoms in total. The van der Waals surface area contributed by atoms with Gasteiger partial charge in [-0.05, 0) is 31.9 Å². The number of urea groups is 1. The minimum absolute atomic E-state index is 0.0267. The second-order valence-corrected chi connectivity index (χ2v) is 6.90. The Balaban J connectivity index is 1.82. The molecule has 2 amide bonds. The van der Waals surface area contributed by atoms with Gasteiger partial charge in [-0.2, -0.15) is 0 Å². The zero-order chi connectivity index (χ0) is 18.4. The van der Waals surface area contributed by atoms with Gasteiger partial charge in [0.15, 0.2) is 0 Å². The van der Waals surface area contributed by atoms with Crippen molar-refractivity contribution in [3.05, 3.63) is 34.4 Å². The lowest BCUT2D eigenvalue weighted by atomic mass is 10.1. The lowest BCUT2D eigenvalue weighted by Crippen LogP contribution is -2.24. The van der Waals surface area contributed by atoms with Crippen LogP contribution in [0.1, 0.15) is 37.4 Å². The SMILES string of the molecule is Cc1[nH]c(NC(N)=O)nc1-c1ccc2c(c1)n(C)c(=O)n2C1CCCC1. The van der Waals surface area contributed by atoms with Crippen LogP contribution in [-0.2, 0) is 7.05 Å². The molecule has 0 saturated heterocycles. The average molecular weight is 354 g/mol. The third-order valence-electron chi connectivity index (χ3n) is 5.18. The first-order valence-corrected chi connectivity index (χ1v) is 8.80. The van der Waals surface area contributed by atoms with Gasteiger partial charge in [0.05, 0.1) is 16.7 Å². The van der Waals surface area contributed by atoms with Crippen molar-refractivity contribution in [2.24, 2.45) is 12.8 Å². The molecule has 0 aliphatic heterocycles. The highest BCUT2D eigenvalue weighted by Crippen LogP contribution is 2.32. The molecule has 0 bridgehead atoms. The summed E-state index contributed by atoms with van der Waals surface area (Å²) in [6.07, 6.45) is 4.46. The molecule has 1 fully saturated rings. The van der Waals surface area contributed by atoms with Crippen LogP contribution in [-0.4, -0.2) is 25.1 Å². The number of H-pyrrole nitrogens is 1. The molecule has 3 aromatic rings. The van der Waals surface area contributed by atoms with Crippen LogP contribution >= 0.6 is 0 Å². The molecular formula is C18H22N6O2. The minimum atomic E-state index is -0.670. The number of amides is 2. The topological polar surface area (TPSA) is 111 Å².